The molecule has 2 aromatic carbocycles. The van der Waals surface area contributed by atoms with E-state index in [0.29, 0.717) is 42.5 Å². The lowest BCUT2D eigenvalue weighted by atomic mass is 10.1. The molecule has 0 bridgehead atoms. The molecule has 4 nitrogen and oxygen atoms in total. The zero-order valence-corrected chi connectivity index (χ0v) is 13.0. The summed E-state index contributed by atoms with van der Waals surface area (Å²) in [7, 11) is 0. The summed E-state index contributed by atoms with van der Waals surface area (Å²) in [5, 5.41) is 0. The maximum atomic E-state index is 12.8. The first-order valence-corrected chi connectivity index (χ1v) is 7.82. The fourth-order valence-corrected chi connectivity index (χ4v) is 2.78. The molecule has 122 valence electrons. The van der Waals surface area contributed by atoms with Gasteiger partial charge in [-0.05, 0) is 49.2 Å². The first-order chi connectivity index (χ1) is 11.6. The number of unbranched alkanes of at least 4 members (excludes halogenated alkanes) is 1. The maximum absolute atomic E-state index is 12.8. The highest BCUT2D eigenvalue weighted by Gasteiger charge is 2.34. The van der Waals surface area contributed by atoms with Gasteiger partial charge in [-0.3, -0.25) is 19.3 Å². The highest BCUT2D eigenvalue weighted by molar-refractivity contribution is 6.21. The molecule has 0 radical (unpaired) electrons. The fourth-order valence-electron chi connectivity index (χ4n) is 2.78. The monoisotopic (exact) mass is 325 g/mol. The lowest BCUT2D eigenvalue weighted by Crippen LogP contribution is -2.30. The van der Waals surface area contributed by atoms with Gasteiger partial charge in [0, 0.05) is 18.5 Å². The van der Waals surface area contributed by atoms with E-state index in [1.54, 1.807) is 24.3 Å². The number of benzene rings is 2. The number of carbonyl (C=O) groups is 3. The van der Waals surface area contributed by atoms with E-state index < -0.39 is 0 Å². The standard InChI is InChI=1S/C19H16FNO3/c20-14-10-8-13(9-11-14)17(22)7-3-4-12-21-18(23)15-5-1-2-6-16(15)19(21)24/h1-2,5-6,8-11H,3-4,7,12H2. The first-order valence-electron chi connectivity index (χ1n) is 7.82. The topological polar surface area (TPSA) is 54.5 Å². The van der Waals surface area contributed by atoms with Crippen molar-refractivity contribution in [3.05, 3.63) is 71.0 Å². The smallest absolute Gasteiger partial charge is 0.261 e. The van der Waals surface area contributed by atoms with Crippen molar-refractivity contribution in [1.82, 2.24) is 4.90 Å². The second-order valence-corrected chi connectivity index (χ2v) is 5.69. The van der Waals surface area contributed by atoms with Crippen molar-refractivity contribution in [3.63, 3.8) is 0 Å². The normalized spacial score (nSPS) is 13.3. The lowest BCUT2D eigenvalue weighted by molar-refractivity contribution is 0.0652. The molecule has 0 atom stereocenters. The predicted molar refractivity (Wildman–Crippen MR) is 86.4 cm³/mol. The van der Waals surface area contributed by atoms with Crippen LogP contribution in [0.25, 0.3) is 0 Å². The van der Waals surface area contributed by atoms with Crippen LogP contribution < -0.4 is 0 Å². The van der Waals surface area contributed by atoms with Crippen molar-refractivity contribution in [2.45, 2.75) is 19.3 Å². The molecule has 0 aliphatic carbocycles. The summed E-state index contributed by atoms with van der Waals surface area (Å²) in [4.78, 5) is 37.6. The summed E-state index contributed by atoms with van der Waals surface area (Å²) in [6.45, 7) is 0.295. The Bertz CT molecular complexity index is 764. The number of rotatable bonds is 6. The van der Waals surface area contributed by atoms with Crippen molar-refractivity contribution in [2.75, 3.05) is 6.54 Å². The Kier molecular flexibility index (Phi) is 4.51. The van der Waals surface area contributed by atoms with Gasteiger partial charge in [0.2, 0.25) is 0 Å². The minimum absolute atomic E-state index is 0.0719. The average Bonchev–Trinajstić information content (AvgIpc) is 2.84. The molecule has 2 aromatic rings. The third-order valence-electron chi connectivity index (χ3n) is 4.08. The van der Waals surface area contributed by atoms with Gasteiger partial charge in [0.1, 0.15) is 5.82 Å². The van der Waals surface area contributed by atoms with Crippen LogP contribution in [-0.4, -0.2) is 29.0 Å². The van der Waals surface area contributed by atoms with Gasteiger partial charge in [0.15, 0.2) is 5.78 Å². The van der Waals surface area contributed by atoms with Crippen LogP contribution in [-0.2, 0) is 0 Å². The van der Waals surface area contributed by atoms with Crippen LogP contribution in [0.15, 0.2) is 48.5 Å². The number of ketones is 1. The van der Waals surface area contributed by atoms with E-state index in [2.05, 4.69) is 0 Å². The van der Waals surface area contributed by atoms with Crippen LogP contribution in [0.2, 0.25) is 0 Å². The van der Waals surface area contributed by atoms with Gasteiger partial charge in [0.25, 0.3) is 11.8 Å². The number of nitrogens with zero attached hydrogens (tertiary/aromatic N) is 1. The zero-order valence-electron chi connectivity index (χ0n) is 13.0. The van der Waals surface area contributed by atoms with E-state index >= 15 is 0 Å². The second kappa shape index (κ2) is 6.74. The molecule has 2 amide bonds. The Morgan fingerprint density at radius 3 is 2.04 bits per heavy atom. The van der Waals surface area contributed by atoms with E-state index in [1.165, 1.54) is 29.2 Å². The largest absolute Gasteiger partial charge is 0.294 e. The number of fused-ring (bicyclic) bond motifs is 1. The van der Waals surface area contributed by atoms with E-state index in [1.807, 2.05) is 0 Å². The van der Waals surface area contributed by atoms with Gasteiger partial charge in [-0.25, -0.2) is 4.39 Å². The minimum atomic E-state index is -0.378. The minimum Gasteiger partial charge on any atom is -0.294 e. The van der Waals surface area contributed by atoms with E-state index in [-0.39, 0.29) is 23.4 Å². The summed E-state index contributed by atoms with van der Waals surface area (Å²) in [6, 6.07) is 12.2. The number of Topliss-reactive ketones (excluding diaryl/α,β-unsaturated/α-hetero) is 1. The molecule has 0 saturated heterocycles. The number of halogens is 1. The van der Waals surface area contributed by atoms with Crippen LogP contribution in [0.3, 0.4) is 0 Å². The summed E-state index contributed by atoms with van der Waals surface area (Å²) in [5.74, 6) is -1.00. The third-order valence-corrected chi connectivity index (χ3v) is 4.08. The Labute approximate surface area is 138 Å². The second-order valence-electron chi connectivity index (χ2n) is 5.69. The summed E-state index contributed by atoms with van der Waals surface area (Å²) in [6.07, 6.45) is 1.41. The van der Waals surface area contributed by atoms with Crippen molar-refractivity contribution < 1.29 is 18.8 Å². The van der Waals surface area contributed by atoms with Gasteiger partial charge >= 0.3 is 0 Å². The van der Waals surface area contributed by atoms with Crippen molar-refractivity contribution in [1.29, 1.82) is 0 Å². The maximum Gasteiger partial charge on any atom is 0.261 e. The van der Waals surface area contributed by atoms with Gasteiger partial charge in [0.05, 0.1) is 11.1 Å². The molecule has 5 heteroatoms. The highest BCUT2D eigenvalue weighted by atomic mass is 19.1. The Balaban J connectivity index is 1.51. The molecule has 0 aromatic heterocycles. The molecule has 1 aliphatic heterocycles. The first kappa shape index (κ1) is 16.1. The number of hydrogen-bond acceptors (Lipinski definition) is 3. The van der Waals surface area contributed by atoms with Gasteiger partial charge in [-0.15, -0.1) is 0 Å². The van der Waals surface area contributed by atoms with E-state index in [0.717, 1.165) is 0 Å². The Hall–Kier alpha value is -2.82. The number of imide groups is 1. The van der Waals surface area contributed by atoms with Gasteiger partial charge < -0.3 is 0 Å². The van der Waals surface area contributed by atoms with Crippen LogP contribution in [0.1, 0.15) is 50.3 Å². The Morgan fingerprint density at radius 2 is 1.46 bits per heavy atom. The molecule has 0 unspecified atom stereocenters. The molecule has 0 spiro atoms. The lowest BCUT2D eigenvalue weighted by Gasteiger charge is -2.13. The number of carbonyl (C=O) groups excluding carboxylic acids is 3. The summed E-state index contributed by atoms with van der Waals surface area (Å²) in [5.41, 5.74) is 1.34. The fraction of sp³-hybridized carbons (Fsp3) is 0.211. The average molecular weight is 325 g/mol. The molecule has 0 N–H and O–H groups in total. The van der Waals surface area contributed by atoms with Crippen LogP contribution in [0.5, 0.6) is 0 Å². The molecule has 0 fully saturated rings. The van der Waals surface area contributed by atoms with Crippen molar-refractivity contribution in [3.8, 4) is 0 Å². The number of amides is 2. The molecule has 1 heterocycles. The Morgan fingerprint density at radius 1 is 0.875 bits per heavy atom. The number of hydrogen-bond donors (Lipinski definition) is 0. The third kappa shape index (κ3) is 3.11. The molecule has 3 rings (SSSR count). The summed E-state index contributed by atoms with van der Waals surface area (Å²) < 4.78 is 12.8. The quantitative estimate of drug-likeness (QED) is 0.464. The van der Waals surface area contributed by atoms with Crippen LogP contribution >= 0.6 is 0 Å². The van der Waals surface area contributed by atoms with Gasteiger partial charge in [-0.1, -0.05) is 12.1 Å². The molecule has 1 aliphatic rings. The molecule has 0 saturated carbocycles. The predicted octanol–water partition coefficient (Wildman–Crippen LogP) is 3.47. The SMILES string of the molecule is O=C(CCCCN1C(=O)c2ccccc2C1=O)c1ccc(F)cc1. The van der Waals surface area contributed by atoms with E-state index in [4.69, 9.17) is 0 Å². The molecular formula is C19H16FNO3. The van der Waals surface area contributed by atoms with Crippen LogP contribution in [0, 0.1) is 5.82 Å². The molecular weight excluding hydrogens is 309 g/mol. The zero-order chi connectivity index (χ0) is 17.1. The van der Waals surface area contributed by atoms with E-state index in [9.17, 15) is 18.8 Å². The highest BCUT2D eigenvalue weighted by Crippen LogP contribution is 2.22. The van der Waals surface area contributed by atoms with Crippen molar-refractivity contribution >= 4 is 17.6 Å². The van der Waals surface area contributed by atoms with Crippen LogP contribution in [0.4, 0.5) is 4.39 Å². The van der Waals surface area contributed by atoms with Gasteiger partial charge in [-0.2, -0.15) is 0 Å². The van der Waals surface area contributed by atoms with Crippen molar-refractivity contribution in [2.24, 2.45) is 0 Å². The summed E-state index contributed by atoms with van der Waals surface area (Å²) >= 11 is 0. The molecule has 24 heavy (non-hydrogen) atoms.